The van der Waals surface area contributed by atoms with Gasteiger partial charge in [-0.15, -0.1) is 0 Å². The molecular weight excluding hydrogens is 612 g/mol. The Morgan fingerprint density at radius 2 is 1.21 bits per heavy atom. The van der Waals surface area contributed by atoms with Gasteiger partial charge in [0.2, 0.25) is 0 Å². The van der Waals surface area contributed by atoms with E-state index >= 15 is 0 Å². The first kappa shape index (κ1) is 42.8. The van der Waals surface area contributed by atoms with E-state index < -0.39 is 85.5 Å². The third kappa shape index (κ3) is 17.1. The van der Waals surface area contributed by atoms with Crippen molar-refractivity contribution in [3.63, 3.8) is 0 Å². The molecule has 270 valence electrons. The summed E-state index contributed by atoms with van der Waals surface area (Å²) in [5, 5.41) is 105. The summed E-state index contributed by atoms with van der Waals surface area (Å²) in [6, 6.07) is 0. The van der Waals surface area contributed by atoms with Crippen molar-refractivity contribution >= 4 is 5.97 Å². The number of rotatable bonds is 5. The van der Waals surface area contributed by atoms with Gasteiger partial charge in [0.25, 0.3) is 0 Å². The summed E-state index contributed by atoms with van der Waals surface area (Å²) in [4.78, 5) is 13.1. The van der Waals surface area contributed by atoms with E-state index in [1.165, 1.54) is 13.0 Å². The lowest BCUT2D eigenvalue weighted by atomic mass is 9.87. The number of hydrogen-bond acceptors (Lipinski definition) is 12. The van der Waals surface area contributed by atoms with Crippen LogP contribution in [0.5, 0.6) is 0 Å². The fourth-order valence-electron chi connectivity index (χ4n) is 5.30. The lowest BCUT2D eigenvalue weighted by Gasteiger charge is -2.30. The SMILES string of the molecule is CCCCC[C@@H](O)C1C(=O)O[C@H](C)[C@@H](O)/C=C/C=C/C=C/C=C/C=C(\C)[C@@H](O)[C@H](O)[C@H](O)C[C@H](O)C[C@H](O)C[C@H](O)C[C@H](O)C[C@@H]1O. The summed E-state index contributed by atoms with van der Waals surface area (Å²) >= 11 is 0. The van der Waals surface area contributed by atoms with Crippen LogP contribution in [0.15, 0.2) is 60.3 Å². The van der Waals surface area contributed by atoms with Crippen molar-refractivity contribution < 1.29 is 60.6 Å². The maximum Gasteiger partial charge on any atom is 0.314 e. The van der Waals surface area contributed by atoms with Crippen LogP contribution in [0.2, 0.25) is 0 Å². The highest BCUT2D eigenvalue weighted by Crippen LogP contribution is 2.24. The normalized spacial score (nSPS) is 39.6. The quantitative estimate of drug-likeness (QED) is 0.145. The second-order valence-corrected chi connectivity index (χ2v) is 12.5. The van der Waals surface area contributed by atoms with Gasteiger partial charge in [0.1, 0.15) is 30.3 Å². The lowest BCUT2D eigenvalue weighted by molar-refractivity contribution is -0.168. The molecule has 0 saturated heterocycles. The number of hydrogen-bond donors (Lipinski definition) is 10. The maximum absolute atomic E-state index is 13.1. The Balaban J connectivity index is 3.19. The smallest absolute Gasteiger partial charge is 0.314 e. The van der Waals surface area contributed by atoms with Gasteiger partial charge in [-0.2, -0.15) is 0 Å². The minimum atomic E-state index is -1.61. The number of carbonyl (C=O) groups is 1. The number of esters is 1. The van der Waals surface area contributed by atoms with E-state index in [0.29, 0.717) is 12.0 Å². The highest BCUT2D eigenvalue weighted by atomic mass is 16.6. The third-order valence-electron chi connectivity index (χ3n) is 8.17. The van der Waals surface area contributed by atoms with Gasteiger partial charge >= 0.3 is 5.97 Å². The molecule has 47 heavy (non-hydrogen) atoms. The van der Waals surface area contributed by atoms with Gasteiger partial charge in [-0.05, 0) is 45.1 Å². The Morgan fingerprint density at radius 3 is 1.77 bits per heavy atom. The Labute approximate surface area is 278 Å². The first-order chi connectivity index (χ1) is 22.2. The summed E-state index contributed by atoms with van der Waals surface area (Å²) in [7, 11) is 0. The minimum absolute atomic E-state index is 0.197. The lowest BCUT2D eigenvalue weighted by Crippen LogP contribution is -2.43. The molecule has 0 aromatic rings. The third-order valence-corrected chi connectivity index (χ3v) is 8.17. The molecule has 0 spiro atoms. The van der Waals surface area contributed by atoms with Crippen LogP contribution in [0.4, 0.5) is 0 Å². The van der Waals surface area contributed by atoms with Crippen molar-refractivity contribution in [1.82, 2.24) is 0 Å². The van der Waals surface area contributed by atoms with Crippen LogP contribution in [-0.2, 0) is 9.53 Å². The number of aliphatic hydroxyl groups is 10. The van der Waals surface area contributed by atoms with E-state index in [-0.39, 0.29) is 32.1 Å². The molecule has 0 aliphatic carbocycles. The van der Waals surface area contributed by atoms with Gasteiger partial charge in [0, 0.05) is 12.8 Å². The molecule has 1 unspecified atom stereocenters. The second kappa shape index (κ2) is 23.2. The van der Waals surface area contributed by atoms with Gasteiger partial charge < -0.3 is 55.8 Å². The summed E-state index contributed by atoms with van der Waals surface area (Å²) in [6.07, 6.45) is 0.559. The number of unbranched alkanes of at least 4 members (excludes halogenated alkanes) is 2. The topological polar surface area (TPSA) is 229 Å². The zero-order valence-electron chi connectivity index (χ0n) is 27.8. The van der Waals surface area contributed by atoms with Gasteiger partial charge in [-0.25, -0.2) is 0 Å². The van der Waals surface area contributed by atoms with E-state index in [2.05, 4.69) is 0 Å². The standard InChI is InChI=1S/C35H58O12/c1-4-5-11-16-29(41)32-30(42)20-26(38)18-24(36)17-25(37)19-27(39)21-31(43)34(45)33(44)22(2)14-12-9-7-6-8-10-13-15-28(40)23(3)47-35(32)46/h6-10,12-15,23-34,36-45H,4-5,11,16-21H2,1-3H3/b7-6+,10-8+,12-9+,15-13+,22-14+/t23-,24+,25-,26+,27-,28+,29-,30+,31-,32?,33-,34-/m1/s1. The summed E-state index contributed by atoms with van der Waals surface area (Å²) in [6.45, 7) is 5.00. The zero-order valence-corrected chi connectivity index (χ0v) is 27.8. The molecule has 10 N–H and O–H groups in total. The minimum Gasteiger partial charge on any atom is -0.459 e. The predicted molar refractivity (Wildman–Crippen MR) is 177 cm³/mol. The van der Waals surface area contributed by atoms with Crippen molar-refractivity contribution in [2.45, 2.75) is 146 Å². The number of aliphatic hydroxyl groups excluding tert-OH is 10. The van der Waals surface area contributed by atoms with Gasteiger partial charge in [-0.3, -0.25) is 4.79 Å². The zero-order chi connectivity index (χ0) is 35.5. The fraction of sp³-hybridized carbons (Fsp3) is 0.686. The molecule has 1 heterocycles. The maximum atomic E-state index is 13.1. The van der Waals surface area contributed by atoms with Gasteiger partial charge in [0.15, 0.2) is 0 Å². The molecule has 1 aliphatic heterocycles. The van der Waals surface area contributed by atoms with Crippen LogP contribution in [0.25, 0.3) is 0 Å². The molecule has 1 rings (SSSR count). The summed E-state index contributed by atoms with van der Waals surface area (Å²) < 4.78 is 5.41. The molecule has 12 nitrogen and oxygen atoms in total. The Hall–Kier alpha value is -2.23. The van der Waals surface area contributed by atoms with Crippen molar-refractivity contribution in [2.75, 3.05) is 0 Å². The van der Waals surface area contributed by atoms with E-state index in [4.69, 9.17) is 4.74 Å². The van der Waals surface area contributed by atoms with Crippen molar-refractivity contribution in [2.24, 2.45) is 5.92 Å². The highest BCUT2D eigenvalue weighted by molar-refractivity contribution is 5.74. The van der Waals surface area contributed by atoms with E-state index in [1.807, 2.05) is 6.92 Å². The van der Waals surface area contributed by atoms with Crippen molar-refractivity contribution in [3.8, 4) is 0 Å². The van der Waals surface area contributed by atoms with Crippen LogP contribution in [0.3, 0.4) is 0 Å². The molecule has 0 fully saturated rings. The average Bonchev–Trinajstić information content (AvgIpc) is 2.98. The average molecular weight is 671 g/mol. The highest BCUT2D eigenvalue weighted by Gasteiger charge is 2.37. The largest absolute Gasteiger partial charge is 0.459 e. The summed E-state index contributed by atoms with van der Waals surface area (Å²) in [5.41, 5.74) is 0.357. The molecule has 0 amide bonds. The van der Waals surface area contributed by atoms with Gasteiger partial charge in [0.05, 0.1) is 42.7 Å². The van der Waals surface area contributed by atoms with Crippen molar-refractivity contribution in [1.29, 1.82) is 0 Å². The number of carbonyl (C=O) groups excluding carboxylic acids is 1. The van der Waals surface area contributed by atoms with E-state index in [1.54, 1.807) is 55.5 Å². The molecule has 0 bridgehead atoms. The Morgan fingerprint density at radius 1 is 0.723 bits per heavy atom. The Kier molecular flexibility index (Phi) is 21.1. The predicted octanol–water partition coefficient (Wildman–Crippen LogP) is 0.859. The number of ether oxygens (including phenoxy) is 1. The number of cyclic esters (lactones) is 1. The molecular formula is C35H58O12. The molecule has 1 aliphatic rings. The van der Waals surface area contributed by atoms with Crippen LogP contribution in [0.1, 0.15) is 78.6 Å². The van der Waals surface area contributed by atoms with Gasteiger partial charge in [-0.1, -0.05) is 80.9 Å². The fourth-order valence-corrected chi connectivity index (χ4v) is 5.30. The molecule has 12 heteroatoms. The molecule has 0 aromatic carbocycles. The summed E-state index contributed by atoms with van der Waals surface area (Å²) in [5.74, 6) is -2.37. The second-order valence-electron chi connectivity index (χ2n) is 12.5. The first-order valence-electron chi connectivity index (χ1n) is 16.5. The van der Waals surface area contributed by atoms with Crippen LogP contribution in [0, 0.1) is 5.92 Å². The molecule has 0 saturated carbocycles. The van der Waals surface area contributed by atoms with Crippen LogP contribution in [-0.4, -0.2) is 124 Å². The van der Waals surface area contributed by atoms with Crippen molar-refractivity contribution in [3.05, 3.63) is 60.3 Å². The van der Waals surface area contributed by atoms with E-state index in [0.717, 1.165) is 12.8 Å². The monoisotopic (exact) mass is 670 g/mol. The first-order valence-corrected chi connectivity index (χ1v) is 16.5. The van der Waals surface area contributed by atoms with E-state index in [9.17, 15) is 55.9 Å². The van der Waals surface area contributed by atoms with Crippen LogP contribution >= 0.6 is 0 Å². The number of allylic oxidation sites excluding steroid dienone is 8. The Bertz CT molecular complexity index is 1020. The van der Waals surface area contributed by atoms with Crippen LogP contribution < -0.4 is 0 Å². The molecule has 0 radical (unpaired) electrons. The molecule has 0 aromatic heterocycles. The molecule has 12 atom stereocenters.